The number of hydrogen-bond acceptors (Lipinski definition) is 6. The summed E-state index contributed by atoms with van der Waals surface area (Å²) >= 11 is 0. The fourth-order valence-electron chi connectivity index (χ4n) is 4.24. The summed E-state index contributed by atoms with van der Waals surface area (Å²) in [6.07, 6.45) is 4.87. The number of rotatable bonds is 3. The van der Waals surface area contributed by atoms with E-state index < -0.39 is 10.2 Å². The second-order valence-electron chi connectivity index (χ2n) is 6.98. The number of nitrogens with zero attached hydrogens (tertiary/aromatic N) is 1. The molecule has 2 aromatic rings. The molecule has 1 aromatic carbocycles. The van der Waals surface area contributed by atoms with Gasteiger partial charge in [-0.15, -0.1) is 10.2 Å². The molecule has 152 valence electrons. The Hall–Kier alpha value is -1.97. The fraction of sp³-hybridized carbons (Fsp3) is 0.474. The molecule has 28 heavy (non-hydrogen) atoms. The van der Waals surface area contributed by atoms with Gasteiger partial charge in [0.15, 0.2) is 0 Å². The summed E-state index contributed by atoms with van der Waals surface area (Å²) in [6, 6.07) is 8.57. The number of carbonyl (C=O) groups excluding carboxylic acids is 1. The minimum Gasteiger partial charge on any atom is -0.469 e. The predicted molar refractivity (Wildman–Crippen MR) is 90.1 cm³/mol. The van der Waals surface area contributed by atoms with Crippen molar-refractivity contribution in [3.8, 4) is 0 Å². The van der Waals surface area contributed by atoms with Crippen molar-refractivity contribution in [1.29, 1.82) is 0 Å². The Labute approximate surface area is 164 Å². The van der Waals surface area contributed by atoms with Gasteiger partial charge in [-0.05, 0) is 24.5 Å². The Bertz CT molecular complexity index is 880. The number of benzene rings is 1. The highest BCUT2D eigenvalue weighted by atomic mass is 35.7. The SMILES string of the molecule is COC(=O)CCC1CCC[N+]2=C1c1[nH]c3ccccc3c1CC2.[O-][Cl+3]([O-])([O-])[O-]. The summed E-state index contributed by atoms with van der Waals surface area (Å²) in [4.78, 5) is 15.2. The molecule has 2 aliphatic rings. The Morgan fingerprint density at radius 3 is 2.68 bits per heavy atom. The maximum Gasteiger partial charge on any atom is 0.305 e. The third-order valence-corrected chi connectivity index (χ3v) is 5.33. The van der Waals surface area contributed by atoms with E-state index in [1.807, 2.05) is 0 Å². The van der Waals surface area contributed by atoms with Crippen LogP contribution in [0.1, 0.15) is 36.9 Å². The molecular weight excluding hydrogens is 388 g/mol. The molecule has 1 unspecified atom stereocenters. The van der Waals surface area contributed by atoms with Crippen molar-refractivity contribution in [3.05, 3.63) is 35.5 Å². The van der Waals surface area contributed by atoms with E-state index in [9.17, 15) is 4.79 Å². The van der Waals surface area contributed by atoms with Gasteiger partial charge >= 0.3 is 5.97 Å². The van der Waals surface area contributed by atoms with Gasteiger partial charge in [0.05, 0.1) is 7.11 Å². The average Bonchev–Trinajstić information content (AvgIpc) is 3.03. The topological polar surface area (TPSA) is 137 Å². The van der Waals surface area contributed by atoms with Crippen LogP contribution in [0.5, 0.6) is 0 Å². The van der Waals surface area contributed by atoms with Gasteiger partial charge in [0.25, 0.3) is 0 Å². The molecule has 0 saturated heterocycles. The quantitative estimate of drug-likeness (QED) is 0.465. The van der Waals surface area contributed by atoms with E-state index in [0.29, 0.717) is 12.3 Å². The molecule has 8 nitrogen and oxygen atoms in total. The highest BCUT2D eigenvalue weighted by molar-refractivity contribution is 6.04. The Kier molecular flexibility index (Phi) is 6.36. The van der Waals surface area contributed by atoms with Crippen LogP contribution in [0.15, 0.2) is 24.3 Å². The zero-order valence-electron chi connectivity index (χ0n) is 15.6. The number of nitrogens with one attached hydrogen (secondary N) is 1. The molecule has 0 aliphatic carbocycles. The van der Waals surface area contributed by atoms with Crippen LogP contribution in [0.3, 0.4) is 0 Å². The maximum atomic E-state index is 11.5. The van der Waals surface area contributed by atoms with E-state index >= 15 is 0 Å². The minimum absolute atomic E-state index is 0.101. The number of ether oxygens (including phenoxy) is 1. The maximum absolute atomic E-state index is 11.5. The third kappa shape index (κ3) is 4.89. The van der Waals surface area contributed by atoms with Gasteiger partial charge < -0.3 is 9.72 Å². The number of esters is 1. The van der Waals surface area contributed by atoms with Gasteiger partial charge in [-0.25, -0.2) is 23.2 Å². The van der Waals surface area contributed by atoms with E-state index in [-0.39, 0.29) is 5.97 Å². The van der Waals surface area contributed by atoms with Crippen LogP contribution >= 0.6 is 0 Å². The zero-order valence-corrected chi connectivity index (χ0v) is 16.4. The van der Waals surface area contributed by atoms with E-state index in [1.54, 1.807) is 0 Å². The summed E-state index contributed by atoms with van der Waals surface area (Å²) in [5.74, 6) is 0.352. The zero-order chi connectivity index (χ0) is 20.3. The van der Waals surface area contributed by atoms with Crippen LogP contribution in [0, 0.1) is 16.2 Å². The monoisotopic (exact) mass is 410 g/mol. The number of aromatic amines is 1. The van der Waals surface area contributed by atoms with Crippen molar-refractivity contribution in [1.82, 2.24) is 4.98 Å². The number of hydrogen-bond donors (Lipinski definition) is 1. The number of fused-ring (bicyclic) bond motifs is 4. The second kappa shape index (κ2) is 8.59. The molecule has 0 radical (unpaired) electrons. The highest BCUT2D eigenvalue weighted by Gasteiger charge is 2.37. The normalized spacial score (nSPS) is 18.8. The molecule has 3 heterocycles. The Morgan fingerprint density at radius 2 is 1.96 bits per heavy atom. The summed E-state index contributed by atoms with van der Waals surface area (Å²) < 4.78 is 41.3. The molecular formula is C19H23ClN2O6. The van der Waals surface area contributed by atoms with E-state index in [2.05, 4.69) is 33.8 Å². The molecule has 1 atom stereocenters. The van der Waals surface area contributed by atoms with Gasteiger partial charge in [0, 0.05) is 36.1 Å². The molecule has 0 bridgehead atoms. The van der Waals surface area contributed by atoms with Gasteiger partial charge in [-0.3, -0.25) is 4.79 Å². The molecule has 0 spiro atoms. The molecule has 1 N–H and O–H groups in total. The second-order valence-corrected chi connectivity index (χ2v) is 7.73. The lowest BCUT2D eigenvalue weighted by atomic mass is 9.84. The first-order chi connectivity index (χ1) is 13.3. The summed E-state index contributed by atoms with van der Waals surface area (Å²) in [5.41, 5.74) is 5.42. The molecule has 2 aliphatic heterocycles. The largest absolute Gasteiger partial charge is 0.469 e. The minimum atomic E-state index is -4.94. The van der Waals surface area contributed by atoms with Crippen molar-refractivity contribution in [3.63, 3.8) is 0 Å². The predicted octanol–water partition coefficient (Wildman–Crippen LogP) is -1.87. The summed E-state index contributed by atoms with van der Waals surface area (Å²) in [5, 5.41) is 1.35. The number of H-pyrrole nitrogens is 1. The van der Waals surface area contributed by atoms with Gasteiger partial charge in [0.1, 0.15) is 18.8 Å². The van der Waals surface area contributed by atoms with Gasteiger partial charge in [-0.2, -0.15) is 0 Å². The first kappa shape index (κ1) is 20.8. The van der Waals surface area contributed by atoms with Crippen molar-refractivity contribution in [2.24, 2.45) is 5.92 Å². The lowest BCUT2D eigenvalue weighted by Gasteiger charge is -2.26. The van der Waals surface area contributed by atoms with Crippen LogP contribution in [-0.2, 0) is 16.0 Å². The van der Waals surface area contributed by atoms with Crippen LogP contribution in [-0.4, -0.2) is 41.4 Å². The molecule has 9 heteroatoms. The van der Waals surface area contributed by atoms with Crippen molar-refractivity contribution in [2.75, 3.05) is 20.2 Å². The van der Waals surface area contributed by atoms with Crippen LogP contribution < -0.4 is 18.6 Å². The van der Waals surface area contributed by atoms with Crippen LogP contribution in [0.4, 0.5) is 0 Å². The van der Waals surface area contributed by atoms with Crippen molar-refractivity contribution >= 4 is 22.6 Å². The van der Waals surface area contributed by atoms with Gasteiger partial charge in [0.2, 0.25) is 5.71 Å². The fourth-order valence-corrected chi connectivity index (χ4v) is 4.24. The highest BCUT2D eigenvalue weighted by Crippen LogP contribution is 2.32. The number of halogens is 1. The molecule has 4 rings (SSSR count). The standard InChI is InChI=1S/C19H22N2O2.ClHO4/c1-23-17(22)9-8-13-5-4-11-21-12-10-15-14-6-2-3-7-16(14)20-18(15)19(13)21;2-1(3,4)5/h2-3,6-7,13H,4-5,8-12H2,1H3;(H,2,3,4,5). The van der Waals surface area contributed by atoms with Crippen molar-refractivity contribution < 1.29 is 43.0 Å². The first-order valence-electron chi connectivity index (χ1n) is 9.18. The van der Waals surface area contributed by atoms with Crippen LogP contribution in [0.25, 0.3) is 10.9 Å². The van der Waals surface area contributed by atoms with E-state index in [0.717, 1.165) is 32.4 Å². The summed E-state index contributed by atoms with van der Waals surface area (Å²) in [7, 11) is -3.47. The number of carbonyl (C=O) groups is 1. The first-order valence-corrected chi connectivity index (χ1v) is 10.4. The Morgan fingerprint density at radius 1 is 1.25 bits per heavy atom. The Balaban J connectivity index is 0.000000403. The number of para-hydroxylation sites is 1. The number of aromatic nitrogens is 1. The lowest BCUT2D eigenvalue weighted by molar-refractivity contribution is -2.00. The van der Waals surface area contributed by atoms with E-state index in [1.165, 1.54) is 41.4 Å². The smallest absolute Gasteiger partial charge is 0.305 e. The number of methoxy groups -OCH3 is 1. The summed E-state index contributed by atoms with van der Waals surface area (Å²) in [6.45, 7) is 2.23. The van der Waals surface area contributed by atoms with Crippen LogP contribution in [0.2, 0.25) is 0 Å². The molecule has 0 amide bonds. The average molecular weight is 411 g/mol. The molecule has 0 saturated carbocycles. The van der Waals surface area contributed by atoms with Crippen molar-refractivity contribution in [2.45, 2.75) is 32.1 Å². The van der Waals surface area contributed by atoms with Gasteiger partial charge in [-0.1, -0.05) is 18.2 Å². The molecule has 1 aromatic heterocycles. The lowest BCUT2D eigenvalue weighted by Crippen LogP contribution is -2.68. The molecule has 0 fully saturated rings. The van der Waals surface area contributed by atoms with E-state index in [4.69, 9.17) is 23.4 Å². The third-order valence-electron chi connectivity index (χ3n) is 5.33.